The first-order chi connectivity index (χ1) is 12.3. The first kappa shape index (κ1) is 23.9. The molecule has 0 aromatic heterocycles. The van der Waals surface area contributed by atoms with Crippen LogP contribution in [0.15, 0.2) is 24.3 Å². The van der Waals surface area contributed by atoms with Crippen molar-refractivity contribution in [1.29, 1.82) is 5.26 Å². The number of ether oxygens (including phenoxy) is 2. The van der Waals surface area contributed by atoms with Gasteiger partial charge in [0, 0.05) is 6.42 Å². The van der Waals surface area contributed by atoms with Crippen LogP contribution in [0, 0.1) is 11.3 Å². The number of nitrogens with zero attached hydrogens (tertiary/aromatic N) is 1. The minimum atomic E-state index is -0.133. The zero-order valence-corrected chi connectivity index (χ0v) is 16.5. The van der Waals surface area contributed by atoms with Gasteiger partial charge in [-0.3, -0.25) is 0 Å². The zero-order chi connectivity index (χ0) is 18.4. The molecule has 0 aliphatic heterocycles. The summed E-state index contributed by atoms with van der Waals surface area (Å²) in [5.41, 5.74) is 0. The van der Waals surface area contributed by atoms with Gasteiger partial charge in [0.15, 0.2) is 6.29 Å². The molecule has 25 heavy (non-hydrogen) atoms. The summed E-state index contributed by atoms with van der Waals surface area (Å²) in [5.74, 6) is 0. The Morgan fingerprint density at radius 2 is 1.28 bits per heavy atom. The van der Waals surface area contributed by atoms with E-state index >= 15 is 0 Å². The Balaban J connectivity index is 3.91. The van der Waals surface area contributed by atoms with Crippen LogP contribution in [-0.2, 0) is 9.47 Å². The topological polar surface area (TPSA) is 42.2 Å². The number of hydrogen-bond donors (Lipinski definition) is 0. The highest BCUT2D eigenvalue weighted by molar-refractivity contribution is 4.82. The fraction of sp³-hybridized carbons (Fsp3) is 0.773. The van der Waals surface area contributed by atoms with Gasteiger partial charge in [0.05, 0.1) is 19.3 Å². The predicted molar refractivity (Wildman–Crippen MR) is 106 cm³/mol. The molecule has 0 bridgehead atoms. The molecule has 0 amide bonds. The number of allylic oxidation sites excluding steroid dienone is 2. The van der Waals surface area contributed by atoms with Crippen LogP contribution < -0.4 is 0 Å². The fourth-order valence-electron chi connectivity index (χ4n) is 2.38. The molecule has 0 unspecified atom stereocenters. The molecule has 0 spiro atoms. The standard InChI is InChI=1S/C22H39NO2/c1-3-5-7-9-11-16-20-24-22(18-14-13-15-19-23)25-21-17-12-10-8-6-4-2/h9-12,22H,3-8,13-18,20-21H2,1-2H3/b11-9-,12-10-. The van der Waals surface area contributed by atoms with Gasteiger partial charge in [-0.25, -0.2) is 0 Å². The van der Waals surface area contributed by atoms with Crippen molar-refractivity contribution in [3.63, 3.8) is 0 Å². The van der Waals surface area contributed by atoms with E-state index < -0.39 is 0 Å². The van der Waals surface area contributed by atoms with Crippen molar-refractivity contribution in [1.82, 2.24) is 0 Å². The molecule has 3 nitrogen and oxygen atoms in total. The van der Waals surface area contributed by atoms with Crippen molar-refractivity contribution >= 4 is 0 Å². The molecule has 0 aliphatic carbocycles. The Bertz CT molecular complexity index is 334. The van der Waals surface area contributed by atoms with Gasteiger partial charge < -0.3 is 9.47 Å². The Kier molecular flexibility index (Phi) is 20.0. The Labute approximate surface area is 156 Å². The van der Waals surface area contributed by atoms with Crippen LogP contribution in [0.1, 0.15) is 90.9 Å². The van der Waals surface area contributed by atoms with Gasteiger partial charge in [-0.1, -0.05) is 63.8 Å². The summed E-state index contributed by atoms with van der Waals surface area (Å²) in [6.45, 7) is 5.84. The van der Waals surface area contributed by atoms with Crippen LogP contribution in [0.4, 0.5) is 0 Å². The third-order valence-electron chi connectivity index (χ3n) is 3.94. The van der Waals surface area contributed by atoms with Crippen molar-refractivity contribution < 1.29 is 9.47 Å². The number of rotatable bonds is 18. The van der Waals surface area contributed by atoms with Gasteiger partial charge in [-0.15, -0.1) is 0 Å². The molecule has 144 valence electrons. The van der Waals surface area contributed by atoms with Gasteiger partial charge in [-0.05, 0) is 44.9 Å². The molecular formula is C22H39NO2. The SMILES string of the molecule is CCCC/C=C\CCOC(CCCCC#N)OCC/C=C\CCCC. The third kappa shape index (κ3) is 19.1. The lowest BCUT2D eigenvalue weighted by molar-refractivity contribution is -0.144. The summed E-state index contributed by atoms with van der Waals surface area (Å²) in [7, 11) is 0. The smallest absolute Gasteiger partial charge is 0.157 e. The van der Waals surface area contributed by atoms with Crippen LogP contribution in [0.3, 0.4) is 0 Å². The van der Waals surface area contributed by atoms with E-state index in [1.54, 1.807) is 0 Å². The van der Waals surface area contributed by atoms with E-state index in [0.29, 0.717) is 19.6 Å². The molecule has 0 N–H and O–H groups in total. The molecular weight excluding hydrogens is 310 g/mol. The van der Waals surface area contributed by atoms with E-state index in [-0.39, 0.29) is 6.29 Å². The van der Waals surface area contributed by atoms with E-state index in [0.717, 1.165) is 44.9 Å². The van der Waals surface area contributed by atoms with Crippen molar-refractivity contribution in [3.8, 4) is 6.07 Å². The molecule has 0 saturated heterocycles. The third-order valence-corrected chi connectivity index (χ3v) is 3.94. The van der Waals surface area contributed by atoms with Crippen LogP contribution >= 0.6 is 0 Å². The van der Waals surface area contributed by atoms with Crippen molar-refractivity contribution in [3.05, 3.63) is 24.3 Å². The molecule has 0 heterocycles. The minimum Gasteiger partial charge on any atom is -0.352 e. The highest BCUT2D eigenvalue weighted by atomic mass is 16.7. The maximum atomic E-state index is 8.63. The lowest BCUT2D eigenvalue weighted by Crippen LogP contribution is -2.18. The van der Waals surface area contributed by atoms with Gasteiger partial charge in [-0.2, -0.15) is 5.26 Å². The predicted octanol–water partition coefficient (Wildman–Crippen LogP) is 6.70. The molecule has 0 fully saturated rings. The largest absolute Gasteiger partial charge is 0.352 e. The summed E-state index contributed by atoms with van der Waals surface area (Å²) in [5, 5.41) is 8.63. The van der Waals surface area contributed by atoms with Gasteiger partial charge in [0.2, 0.25) is 0 Å². The zero-order valence-electron chi connectivity index (χ0n) is 16.5. The second-order valence-electron chi connectivity index (χ2n) is 6.38. The maximum Gasteiger partial charge on any atom is 0.157 e. The Hall–Kier alpha value is -1.11. The van der Waals surface area contributed by atoms with E-state index in [1.165, 1.54) is 25.7 Å². The lowest BCUT2D eigenvalue weighted by Gasteiger charge is -2.18. The molecule has 0 aromatic rings. The molecule has 0 radical (unpaired) electrons. The van der Waals surface area contributed by atoms with Crippen molar-refractivity contribution in [2.45, 2.75) is 97.2 Å². The quantitative estimate of drug-likeness (QED) is 0.157. The molecule has 3 heteroatoms. The summed E-state index contributed by atoms with van der Waals surface area (Å²) < 4.78 is 11.8. The molecule has 0 atom stereocenters. The van der Waals surface area contributed by atoms with E-state index in [2.05, 4.69) is 44.2 Å². The van der Waals surface area contributed by atoms with Gasteiger partial charge >= 0.3 is 0 Å². The number of nitriles is 1. The highest BCUT2D eigenvalue weighted by Crippen LogP contribution is 2.10. The maximum absolute atomic E-state index is 8.63. The average molecular weight is 350 g/mol. The average Bonchev–Trinajstić information content (AvgIpc) is 2.63. The normalized spacial score (nSPS) is 11.8. The monoisotopic (exact) mass is 349 g/mol. The minimum absolute atomic E-state index is 0.133. The van der Waals surface area contributed by atoms with Crippen LogP contribution in [0.5, 0.6) is 0 Å². The summed E-state index contributed by atoms with van der Waals surface area (Å²) in [4.78, 5) is 0. The summed E-state index contributed by atoms with van der Waals surface area (Å²) in [6, 6.07) is 2.19. The molecule has 0 saturated carbocycles. The van der Waals surface area contributed by atoms with E-state index in [4.69, 9.17) is 14.7 Å². The van der Waals surface area contributed by atoms with Crippen molar-refractivity contribution in [2.24, 2.45) is 0 Å². The second kappa shape index (κ2) is 20.9. The van der Waals surface area contributed by atoms with Crippen LogP contribution in [-0.4, -0.2) is 19.5 Å². The summed E-state index contributed by atoms with van der Waals surface area (Å²) >= 11 is 0. The lowest BCUT2D eigenvalue weighted by atomic mass is 10.2. The first-order valence-corrected chi connectivity index (χ1v) is 10.2. The van der Waals surface area contributed by atoms with Crippen LogP contribution in [0.25, 0.3) is 0 Å². The molecule has 0 aliphatic rings. The molecule has 0 aromatic carbocycles. The second-order valence-corrected chi connectivity index (χ2v) is 6.38. The van der Waals surface area contributed by atoms with Crippen LogP contribution in [0.2, 0.25) is 0 Å². The molecule has 0 rings (SSSR count). The Morgan fingerprint density at radius 1 is 0.760 bits per heavy atom. The first-order valence-electron chi connectivity index (χ1n) is 10.2. The van der Waals surface area contributed by atoms with Gasteiger partial charge in [0.25, 0.3) is 0 Å². The number of hydrogen-bond acceptors (Lipinski definition) is 3. The summed E-state index contributed by atoms with van der Waals surface area (Å²) in [6.07, 6.45) is 21.4. The van der Waals surface area contributed by atoms with Gasteiger partial charge in [0.1, 0.15) is 0 Å². The van der Waals surface area contributed by atoms with Crippen molar-refractivity contribution in [2.75, 3.05) is 13.2 Å². The van der Waals surface area contributed by atoms with E-state index in [1.807, 2.05) is 0 Å². The Morgan fingerprint density at radius 3 is 1.76 bits per heavy atom. The van der Waals surface area contributed by atoms with E-state index in [9.17, 15) is 0 Å². The fourth-order valence-corrected chi connectivity index (χ4v) is 2.38. The highest BCUT2D eigenvalue weighted by Gasteiger charge is 2.08. The number of unbranched alkanes of at least 4 members (excludes halogenated alkanes) is 6.